The molecule has 1 unspecified atom stereocenters. The van der Waals surface area contributed by atoms with E-state index in [9.17, 15) is 9.90 Å². The molecule has 0 aliphatic heterocycles. The van der Waals surface area contributed by atoms with Crippen molar-refractivity contribution < 1.29 is 15.0 Å². The zero-order valence-electron chi connectivity index (χ0n) is 8.34. The first-order chi connectivity index (χ1) is 7.11. The van der Waals surface area contributed by atoms with E-state index in [1.807, 2.05) is 6.92 Å². The number of thiazole rings is 1. The molecule has 0 spiro atoms. The van der Waals surface area contributed by atoms with Crippen LogP contribution >= 0.6 is 23.1 Å². The van der Waals surface area contributed by atoms with Crippen molar-refractivity contribution in [3.05, 3.63) is 11.1 Å². The van der Waals surface area contributed by atoms with Gasteiger partial charge in [-0.25, -0.2) is 4.98 Å². The molecule has 0 aromatic carbocycles. The first-order valence-electron chi connectivity index (χ1n) is 4.59. The molecule has 84 valence electrons. The zero-order chi connectivity index (χ0) is 11.3. The number of rotatable bonds is 6. The molecule has 1 atom stereocenters. The van der Waals surface area contributed by atoms with Gasteiger partial charge in [0.2, 0.25) is 0 Å². The maximum atomic E-state index is 10.4. The van der Waals surface area contributed by atoms with Crippen LogP contribution in [-0.4, -0.2) is 33.0 Å². The third-order valence-electron chi connectivity index (χ3n) is 1.73. The van der Waals surface area contributed by atoms with Gasteiger partial charge in [0.1, 0.15) is 4.34 Å². The van der Waals surface area contributed by atoms with Crippen LogP contribution in [-0.2, 0) is 11.2 Å². The van der Waals surface area contributed by atoms with Crippen molar-refractivity contribution in [3.63, 3.8) is 0 Å². The second-order valence-corrected chi connectivity index (χ2v) is 5.17. The predicted molar refractivity (Wildman–Crippen MR) is 60.5 cm³/mol. The van der Waals surface area contributed by atoms with Gasteiger partial charge in [-0.15, -0.1) is 11.3 Å². The van der Waals surface area contributed by atoms with Crippen LogP contribution in [0.4, 0.5) is 0 Å². The van der Waals surface area contributed by atoms with E-state index in [2.05, 4.69) is 4.98 Å². The van der Waals surface area contributed by atoms with E-state index in [4.69, 9.17) is 5.11 Å². The van der Waals surface area contributed by atoms with Crippen molar-refractivity contribution in [2.45, 2.75) is 30.2 Å². The van der Waals surface area contributed by atoms with Gasteiger partial charge >= 0.3 is 5.97 Å². The van der Waals surface area contributed by atoms with Gasteiger partial charge < -0.3 is 10.2 Å². The van der Waals surface area contributed by atoms with Crippen LogP contribution in [0.3, 0.4) is 0 Å². The van der Waals surface area contributed by atoms with Crippen molar-refractivity contribution >= 4 is 29.1 Å². The third kappa shape index (κ3) is 4.63. The number of carbonyl (C=O) groups is 1. The minimum atomic E-state index is -0.870. The van der Waals surface area contributed by atoms with E-state index >= 15 is 0 Å². The summed E-state index contributed by atoms with van der Waals surface area (Å²) in [4.78, 5) is 14.6. The predicted octanol–water partition coefficient (Wildman–Crippen LogP) is 1.63. The minimum absolute atomic E-state index is 0.0343. The van der Waals surface area contributed by atoms with Gasteiger partial charge in [0.05, 0.1) is 18.2 Å². The lowest BCUT2D eigenvalue weighted by atomic mass is 10.3. The second-order valence-electron chi connectivity index (χ2n) is 3.05. The molecule has 4 nitrogen and oxygen atoms in total. The molecule has 15 heavy (non-hydrogen) atoms. The molecule has 1 heterocycles. The number of carboxylic acids is 1. The highest BCUT2D eigenvalue weighted by Crippen LogP contribution is 2.23. The van der Waals surface area contributed by atoms with E-state index in [1.54, 1.807) is 5.38 Å². The molecule has 0 fully saturated rings. The molecule has 0 saturated heterocycles. The van der Waals surface area contributed by atoms with Crippen LogP contribution in [0.1, 0.15) is 19.0 Å². The number of aromatic nitrogens is 1. The molecular formula is C9H13NO3S2. The van der Waals surface area contributed by atoms with Crippen molar-refractivity contribution in [1.29, 1.82) is 0 Å². The zero-order valence-corrected chi connectivity index (χ0v) is 9.98. The summed E-state index contributed by atoms with van der Waals surface area (Å²) in [7, 11) is 0. The summed E-state index contributed by atoms with van der Waals surface area (Å²) in [6, 6.07) is 0. The van der Waals surface area contributed by atoms with Gasteiger partial charge in [0.15, 0.2) is 0 Å². The van der Waals surface area contributed by atoms with Gasteiger partial charge in [-0.1, -0.05) is 18.7 Å². The Bertz CT molecular complexity index is 327. The van der Waals surface area contributed by atoms with Crippen LogP contribution in [0.5, 0.6) is 0 Å². The molecule has 6 heteroatoms. The fraction of sp³-hybridized carbons (Fsp3) is 0.556. The molecule has 1 aromatic heterocycles. The number of carboxylic acid groups (broad SMARTS) is 1. The number of aliphatic hydroxyl groups excluding tert-OH is 1. The topological polar surface area (TPSA) is 70.4 Å². The summed E-state index contributed by atoms with van der Waals surface area (Å²) in [5.41, 5.74) is 0.584. The van der Waals surface area contributed by atoms with Crippen molar-refractivity contribution in [3.8, 4) is 0 Å². The van der Waals surface area contributed by atoms with Gasteiger partial charge in [-0.2, -0.15) is 0 Å². The first-order valence-corrected chi connectivity index (χ1v) is 6.45. The highest BCUT2D eigenvalue weighted by Gasteiger charge is 2.08. The summed E-state index contributed by atoms with van der Waals surface area (Å²) in [6.45, 7) is 1.92. The minimum Gasteiger partial charge on any atom is -0.481 e. The van der Waals surface area contributed by atoms with Gasteiger partial charge in [0.25, 0.3) is 0 Å². The van der Waals surface area contributed by atoms with E-state index in [1.165, 1.54) is 23.1 Å². The summed E-state index contributed by atoms with van der Waals surface area (Å²) in [5, 5.41) is 19.6. The molecule has 0 aliphatic carbocycles. The van der Waals surface area contributed by atoms with E-state index in [0.717, 1.165) is 10.8 Å². The molecule has 0 radical (unpaired) electrons. The Morgan fingerprint density at radius 3 is 3.07 bits per heavy atom. The molecule has 2 N–H and O–H groups in total. The number of aliphatic hydroxyl groups is 1. The maximum Gasteiger partial charge on any atom is 0.309 e. The summed E-state index contributed by atoms with van der Waals surface area (Å²) >= 11 is 2.89. The second kappa shape index (κ2) is 6.09. The van der Waals surface area contributed by atoms with Crippen LogP contribution in [0.15, 0.2) is 9.72 Å². The van der Waals surface area contributed by atoms with Crippen LogP contribution < -0.4 is 0 Å². The molecular weight excluding hydrogens is 234 g/mol. The molecule has 0 saturated carbocycles. The number of nitrogens with zero attached hydrogens (tertiary/aromatic N) is 1. The van der Waals surface area contributed by atoms with Gasteiger partial charge in [-0.05, 0) is 6.42 Å². The average Bonchev–Trinajstić information content (AvgIpc) is 2.61. The largest absolute Gasteiger partial charge is 0.481 e. The lowest BCUT2D eigenvalue weighted by Crippen LogP contribution is -2.07. The number of aliphatic carboxylic acids is 1. The van der Waals surface area contributed by atoms with Gasteiger partial charge in [0, 0.05) is 11.1 Å². The van der Waals surface area contributed by atoms with Crippen molar-refractivity contribution in [1.82, 2.24) is 4.98 Å². The summed E-state index contributed by atoms with van der Waals surface area (Å²) < 4.78 is 0.818. The molecule has 0 bridgehead atoms. The Balaban J connectivity index is 2.42. The molecule has 0 aliphatic rings. The summed E-state index contributed by atoms with van der Waals surface area (Å²) in [6.07, 6.45) is 0.370. The van der Waals surface area contributed by atoms with Gasteiger partial charge in [-0.3, -0.25) is 4.79 Å². The fourth-order valence-corrected chi connectivity index (χ4v) is 2.79. The lowest BCUT2D eigenvalue weighted by Gasteiger charge is -2.03. The van der Waals surface area contributed by atoms with E-state index in [0.29, 0.717) is 11.4 Å². The fourth-order valence-electron chi connectivity index (χ4n) is 0.876. The highest BCUT2D eigenvalue weighted by atomic mass is 32.2. The van der Waals surface area contributed by atoms with Crippen LogP contribution in [0, 0.1) is 0 Å². The number of hydrogen-bond acceptors (Lipinski definition) is 5. The molecule has 0 amide bonds. The molecule has 1 aromatic rings. The van der Waals surface area contributed by atoms with Crippen molar-refractivity contribution in [2.75, 3.05) is 5.75 Å². The summed E-state index contributed by atoms with van der Waals surface area (Å²) in [5.74, 6) is -0.262. The normalized spacial score (nSPS) is 12.7. The van der Waals surface area contributed by atoms with Crippen LogP contribution in [0.2, 0.25) is 0 Å². The Morgan fingerprint density at radius 1 is 1.73 bits per heavy atom. The quantitative estimate of drug-likeness (QED) is 0.748. The maximum absolute atomic E-state index is 10.4. The Morgan fingerprint density at radius 2 is 2.47 bits per heavy atom. The average molecular weight is 247 g/mol. The SMILES string of the molecule is CCC(O)CSc1nc(CC(=O)O)cs1. The lowest BCUT2D eigenvalue weighted by molar-refractivity contribution is -0.136. The standard InChI is InChI=1S/C9H13NO3S2/c1-2-7(11)5-15-9-10-6(4-14-9)3-8(12)13/h4,7,11H,2-3,5H2,1H3,(H,12,13). The Kier molecular flexibility index (Phi) is 5.07. The van der Waals surface area contributed by atoms with Crippen molar-refractivity contribution in [2.24, 2.45) is 0 Å². The molecule has 1 rings (SSSR count). The first kappa shape index (κ1) is 12.5. The van der Waals surface area contributed by atoms with E-state index < -0.39 is 5.97 Å². The number of thioether (sulfide) groups is 1. The van der Waals surface area contributed by atoms with Crippen LogP contribution in [0.25, 0.3) is 0 Å². The Labute approximate surface area is 96.4 Å². The monoisotopic (exact) mass is 247 g/mol. The number of hydrogen-bond donors (Lipinski definition) is 2. The smallest absolute Gasteiger partial charge is 0.309 e. The third-order valence-corrected chi connectivity index (χ3v) is 3.95. The Hall–Kier alpha value is -0.590. The van der Waals surface area contributed by atoms with E-state index in [-0.39, 0.29) is 12.5 Å². The highest BCUT2D eigenvalue weighted by molar-refractivity contribution is 8.01.